The molecule has 1 heterocycles. The molecule has 0 saturated carbocycles. The number of rotatable bonds is 4. The molecule has 0 amide bonds. The lowest BCUT2D eigenvalue weighted by atomic mass is 10.2. The number of hydrogen-bond acceptors (Lipinski definition) is 5. The first-order valence-electron chi connectivity index (χ1n) is 5.47. The molecule has 6 nitrogen and oxygen atoms in total. The Morgan fingerprint density at radius 3 is 2.79 bits per heavy atom. The monoisotopic (exact) mass is 260 g/mol. The molecule has 1 N–H and O–H groups in total. The normalized spacial score (nSPS) is 10.0. The second kappa shape index (κ2) is 5.34. The largest absolute Gasteiger partial charge is 0.493 e. The molecule has 6 heteroatoms. The summed E-state index contributed by atoms with van der Waals surface area (Å²) in [5.74, 6) is -0.268. The number of nitrogens with zero attached hydrogens (tertiary/aromatic N) is 2. The Morgan fingerprint density at radius 1 is 1.32 bits per heavy atom. The Kier molecular flexibility index (Phi) is 3.61. The van der Waals surface area contributed by atoms with E-state index in [1.54, 1.807) is 12.1 Å². The molecule has 98 valence electrons. The highest BCUT2D eigenvalue weighted by Crippen LogP contribution is 2.32. The number of aryl methyl sites for hydroxylation is 1. The number of carbonyl (C=O) groups is 1. The molecule has 0 fully saturated rings. The molecule has 1 aromatic carbocycles. The Balaban J connectivity index is 2.39. The fraction of sp³-hybridized carbons (Fsp3) is 0.154. The van der Waals surface area contributed by atoms with Crippen molar-refractivity contribution in [1.29, 1.82) is 0 Å². The Hall–Kier alpha value is -2.63. The van der Waals surface area contributed by atoms with Gasteiger partial charge < -0.3 is 14.6 Å². The maximum atomic E-state index is 11.0. The lowest BCUT2D eigenvalue weighted by molar-refractivity contribution is 0.0692. The quantitative estimate of drug-likeness (QED) is 0.908. The van der Waals surface area contributed by atoms with Gasteiger partial charge in [-0.2, -0.15) is 0 Å². The van der Waals surface area contributed by atoms with Gasteiger partial charge in [0.05, 0.1) is 7.11 Å². The number of carboxylic acids is 1. The molecule has 0 aliphatic rings. The first-order chi connectivity index (χ1) is 9.11. The third-order valence-electron chi connectivity index (χ3n) is 2.43. The first-order valence-corrected chi connectivity index (χ1v) is 5.47. The van der Waals surface area contributed by atoms with E-state index in [2.05, 4.69) is 9.97 Å². The van der Waals surface area contributed by atoms with E-state index < -0.39 is 5.97 Å². The van der Waals surface area contributed by atoms with Crippen molar-refractivity contribution in [3.63, 3.8) is 0 Å². The zero-order valence-electron chi connectivity index (χ0n) is 10.5. The van der Waals surface area contributed by atoms with Crippen LogP contribution in [0.15, 0.2) is 30.7 Å². The summed E-state index contributed by atoms with van der Waals surface area (Å²) < 4.78 is 10.7. The number of ether oxygens (including phenoxy) is 2. The molecule has 0 bridgehead atoms. The van der Waals surface area contributed by atoms with Gasteiger partial charge in [-0.05, 0) is 24.6 Å². The van der Waals surface area contributed by atoms with Crippen molar-refractivity contribution in [2.24, 2.45) is 0 Å². The van der Waals surface area contributed by atoms with Crippen LogP contribution in [-0.4, -0.2) is 28.2 Å². The zero-order valence-corrected chi connectivity index (χ0v) is 10.5. The van der Waals surface area contributed by atoms with Gasteiger partial charge >= 0.3 is 5.97 Å². The molecule has 2 rings (SSSR count). The van der Waals surface area contributed by atoms with Gasteiger partial charge in [-0.15, -0.1) is 0 Å². The smallest absolute Gasteiger partial charge is 0.342 e. The minimum atomic E-state index is -1.15. The summed E-state index contributed by atoms with van der Waals surface area (Å²) in [7, 11) is 1.51. The van der Waals surface area contributed by atoms with Gasteiger partial charge in [-0.3, -0.25) is 0 Å². The fourth-order valence-electron chi connectivity index (χ4n) is 1.51. The average molecular weight is 260 g/mol. The Morgan fingerprint density at radius 2 is 2.11 bits per heavy atom. The minimum Gasteiger partial charge on any atom is -0.493 e. The lowest BCUT2D eigenvalue weighted by Crippen LogP contribution is -2.03. The van der Waals surface area contributed by atoms with E-state index >= 15 is 0 Å². The molecule has 0 spiro atoms. The van der Waals surface area contributed by atoms with E-state index in [9.17, 15) is 4.79 Å². The molecular weight excluding hydrogens is 248 g/mol. The zero-order chi connectivity index (χ0) is 13.8. The van der Waals surface area contributed by atoms with Crippen molar-refractivity contribution in [3.05, 3.63) is 41.9 Å². The summed E-state index contributed by atoms with van der Waals surface area (Å²) in [6.07, 6.45) is 2.41. The standard InChI is InChI=1S/C13H12N2O4/c1-8-3-4-10(11(5-8)18-2)19-12-9(13(16)17)6-14-7-15-12/h3-7H,1-2H3,(H,16,17). The van der Waals surface area contributed by atoms with Crippen LogP contribution in [0.25, 0.3) is 0 Å². The van der Waals surface area contributed by atoms with Crippen LogP contribution in [-0.2, 0) is 0 Å². The minimum absolute atomic E-state index is 0.0235. The summed E-state index contributed by atoms with van der Waals surface area (Å²) in [5.41, 5.74) is 0.899. The van der Waals surface area contributed by atoms with Gasteiger partial charge in [0, 0.05) is 6.20 Å². The van der Waals surface area contributed by atoms with Crippen LogP contribution in [0, 0.1) is 6.92 Å². The van der Waals surface area contributed by atoms with Crippen LogP contribution in [0.1, 0.15) is 15.9 Å². The van der Waals surface area contributed by atoms with Crippen molar-refractivity contribution < 1.29 is 19.4 Å². The van der Waals surface area contributed by atoms with E-state index in [4.69, 9.17) is 14.6 Å². The van der Waals surface area contributed by atoms with Crippen molar-refractivity contribution in [2.75, 3.05) is 7.11 Å². The maximum absolute atomic E-state index is 11.0. The molecule has 0 saturated heterocycles. The third kappa shape index (κ3) is 2.79. The summed E-state index contributed by atoms with van der Waals surface area (Å²) >= 11 is 0. The number of benzene rings is 1. The number of carboxylic acid groups (broad SMARTS) is 1. The number of aromatic carboxylic acids is 1. The van der Waals surface area contributed by atoms with Crippen LogP contribution in [0.4, 0.5) is 0 Å². The van der Waals surface area contributed by atoms with Gasteiger partial charge in [-0.1, -0.05) is 6.07 Å². The van der Waals surface area contributed by atoms with E-state index in [0.717, 1.165) is 5.56 Å². The van der Waals surface area contributed by atoms with Crippen molar-refractivity contribution >= 4 is 5.97 Å². The van der Waals surface area contributed by atoms with Crippen LogP contribution < -0.4 is 9.47 Å². The molecule has 0 radical (unpaired) electrons. The first kappa shape index (κ1) is 12.8. The van der Waals surface area contributed by atoms with E-state index in [1.807, 2.05) is 13.0 Å². The number of hydrogen-bond donors (Lipinski definition) is 1. The summed E-state index contributed by atoms with van der Waals surface area (Å²) in [4.78, 5) is 18.5. The van der Waals surface area contributed by atoms with Crippen LogP contribution in [0.2, 0.25) is 0 Å². The predicted molar refractivity (Wildman–Crippen MR) is 66.8 cm³/mol. The third-order valence-corrected chi connectivity index (χ3v) is 2.43. The highest BCUT2D eigenvalue weighted by Gasteiger charge is 2.15. The van der Waals surface area contributed by atoms with Crippen molar-refractivity contribution in [1.82, 2.24) is 9.97 Å². The van der Waals surface area contributed by atoms with Gasteiger partial charge in [0.15, 0.2) is 11.5 Å². The topological polar surface area (TPSA) is 81.5 Å². The molecular formula is C13H12N2O4. The summed E-state index contributed by atoms with van der Waals surface area (Å²) in [6.45, 7) is 1.92. The van der Waals surface area contributed by atoms with Crippen molar-refractivity contribution in [3.8, 4) is 17.4 Å². The van der Waals surface area contributed by atoms with E-state index in [-0.39, 0.29) is 11.4 Å². The molecule has 0 atom stereocenters. The highest BCUT2D eigenvalue weighted by atomic mass is 16.5. The molecule has 0 aliphatic heterocycles. The molecule has 1 aromatic heterocycles. The SMILES string of the molecule is COc1cc(C)ccc1Oc1ncncc1C(=O)O. The second-order valence-electron chi connectivity index (χ2n) is 3.80. The van der Waals surface area contributed by atoms with Gasteiger partial charge in [0.25, 0.3) is 0 Å². The van der Waals surface area contributed by atoms with Gasteiger partial charge in [-0.25, -0.2) is 14.8 Å². The fourth-order valence-corrected chi connectivity index (χ4v) is 1.51. The predicted octanol–water partition coefficient (Wildman–Crippen LogP) is 2.28. The average Bonchev–Trinajstić information content (AvgIpc) is 2.41. The van der Waals surface area contributed by atoms with Crippen LogP contribution in [0.5, 0.6) is 17.4 Å². The highest BCUT2D eigenvalue weighted by molar-refractivity contribution is 5.89. The van der Waals surface area contributed by atoms with Gasteiger partial charge in [0.1, 0.15) is 11.9 Å². The van der Waals surface area contributed by atoms with Crippen LogP contribution >= 0.6 is 0 Å². The molecule has 0 unspecified atom stereocenters. The summed E-state index contributed by atoms with van der Waals surface area (Å²) in [6, 6.07) is 5.32. The molecule has 0 aliphatic carbocycles. The van der Waals surface area contributed by atoms with Crippen molar-refractivity contribution in [2.45, 2.75) is 6.92 Å². The molecule has 19 heavy (non-hydrogen) atoms. The Bertz CT molecular complexity index is 613. The second-order valence-corrected chi connectivity index (χ2v) is 3.80. The Labute approximate surface area is 109 Å². The number of aromatic nitrogens is 2. The molecule has 2 aromatic rings. The maximum Gasteiger partial charge on any atom is 0.342 e. The van der Waals surface area contributed by atoms with Crippen LogP contribution in [0.3, 0.4) is 0 Å². The van der Waals surface area contributed by atoms with Gasteiger partial charge in [0.2, 0.25) is 5.88 Å². The van der Waals surface area contributed by atoms with E-state index in [0.29, 0.717) is 11.5 Å². The summed E-state index contributed by atoms with van der Waals surface area (Å²) in [5, 5.41) is 9.02. The van der Waals surface area contributed by atoms with E-state index in [1.165, 1.54) is 19.6 Å². The number of methoxy groups -OCH3 is 1. The lowest BCUT2D eigenvalue weighted by Gasteiger charge is -2.11.